The third-order valence-electron chi connectivity index (χ3n) is 2.92. The van der Waals surface area contributed by atoms with Crippen LogP contribution in [0.25, 0.3) is 0 Å². The molecule has 0 saturated heterocycles. The highest BCUT2D eigenvalue weighted by Gasteiger charge is 2.46. The van der Waals surface area contributed by atoms with Gasteiger partial charge in [-0.25, -0.2) is 0 Å². The van der Waals surface area contributed by atoms with Crippen LogP contribution in [0, 0.1) is 10.1 Å². The number of aromatic hydroxyl groups is 1. The van der Waals surface area contributed by atoms with Gasteiger partial charge in [-0.2, -0.15) is 0 Å². The fraction of sp³-hybridized carbons (Fsp3) is 0.400. The lowest BCUT2D eigenvalue weighted by molar-refractivity contribution is -0.385. The molecule has 5 nitrogen and oxygen atoms in total. The molecule has 0 aliphatic heterocycles. The van der Waals surface area contributed by atoms with Crippen LogP contribution in [0.1, 0.15) is 18.4 Å². The molecule has 0 bridgehead atoms. The molecule has 0 spiro atoms. The highest BCUT2D eigenvalue weighted by molar-refractivity contribution is 5.49. The van der Waals surface area contributed by atoms with Gasteiger partial charge in [0.2, 0.25) is 0 Å². The van der Waals surface area contributed by atoms with Crippen molar-refractivity contribution in [2.75, 3.05) is 6.61 Å². The van der Waals surface area contributed by atoms with Crippen LogP contribution in [0.2, 0.25) is 0 Å². The number of aliphatic hydroxyl groups is 1. The van der Waals surface area contributed by atoms with Crippen molar-refractivity contribution in [1.82, 2.24) is 0 Å². The molecule has 0 heterocycles. The minimum Gasteiger partial charge on any atom is -0.508 e. The second-order valence-electron chi connectivity index (χ2n) is 3.90. The summed E-state index contributed by atoms with van der Waals surface area (Å²) < 4.78 is 0. The first-order valence-corrected chi connectivity index (χ1v) is 4.68. The van der Waals surface area contributed by atoms with Gasteiger partial charge in [-0.15, -0.1) is 0 Å². The number of nitro groups is 1. The number of phenols is 1. The van der Waals surface area contributed by atoms with Gasteiger partial charge >= 0.3 is 0 Å². The fourth-order valence-electron chi connectivity index (χ4n) is 1.73. The molecular formula is C10H11NO4. The van der Waals surface area contributed by atoms with Crippen LogP contribution in [0.5, 0.6) is 5.75 Å². The Morgan fingerprint density at radius 1 is 1.47 bits per heavy atom. The van der Waals surface area contributed by atoms with Gasteiger partial charge in [-0.1, -0.05) is 0 Å². The highest BCUT2D eigenvalue weighted by Crippen LogP contribution is 2.51. The van der Waals surface area contributed by atoms with Crippen molar-refractivity contribution in [2.45, 2.75) is 18.3 Å². The maximum absolute atomic E-state index is 10.6. The van der Waals surface area contributed by atoms with Crippen LogP contribution < -0.4 is 0 Å². The minimum absolute atomic E-state index is 0.0205. The Balaban J connectivity index is 2.46. The molecule has 0 aromatic heterocycles. The summed E-state index contributed by atoms with van der Waals surface area (Å²) in [6, 6.07) is 3.91. The smallest absolute Gasteiger partial charge is 0.269 e. The fourth-order valence-corrected chi connectivity index (χ4v) is 1.73. The monoisotopic (exact) mass is 209 g/mol. The topological polar surface area (TPSA) is 83.6 Å². The maximum Gasteiger partial charge on any atom is 0.269 e. The number of hydrogen-bond donors (Lipinski definition) is 2. The van der Waals surface area contributed by atoms with Gasteiger partial charge in [-0.05, 0) is 18.9 Å². The van der Waals surface area contributed by atoms with Crippen molar-refractivity contribution >= 4 is 5.69 Å². The first-order valence-electron chi connectivity index (χ1n) is 4.68. The van der Waals surface area contributed by atoms with E-state index in [9.17, 15) is 20.3 Å². The Hall–Kier alpha value is -1.62. The molecule has 1 aromatic carbocycles. The average molecular weight is 209 g/mol. The van der Waals surface area contributed by atoms with E-state index in [0.29, 0.717) is 5.56 Å². The molecule has 2 N–H and O–H groups in total. The summed E-state index contributed by atoms with van der Waals surface area (Å²) in [6.45, 7) is -0.0816. The Bertz CT molecular complexity index is 412. The van der Waals surface area contributed by atoms with Crippen LogP contribution in [0.4, 0.5) is 5.69 Å². The van der Waals surface area contributed by atoms with Gasteiger partial charge in [0, 0.05) is 23.1 Å². The lowest BCUT2D eigenvalue weighted by atomic mass is 9.95. The molecule has 1 aromatic rings. The van der Waals surface area contributed by atoms with Crippen molar-refractivity contribution in [3.63, 3.8) is 0 Å². The predicted molar refractivity (Wildman–Crippen MR) is 52.8 cm³/mol. The quantitative estimate of drug-likeness (QED) is 0.581. The van der Waals surface area contributed by atoms with Crippen molar-refractivity contribution < 1.29 is 15.1 Å². The van der Waals surface area contributed by atoms with Crippen molar-refractivity contribution in [3.05, 3.63) is 33.9 Å². The lowest BCUT2D eigenvalue weighted by Crippen LogP contribution is -2.12. The standard InChI is InChI=1S/C10H11NO4/c12-6-10(3-4-10)8-5-7(11(14)15)1-2-9(8)13/h1-2,5,12-13H,3-4,6H2. The van der Waals surface area contributed by atoms with Crippen molar-refractivity contribution in [1.29, 1.82) is 0 Å². The zero-order valence-corrected chi connectivity index (χ0v) is 8.01. The molecule has 0 atom stereocenters. The van der Waals surface area contributed by atoms with E-state index in [1.165, 1.54) is 18.2 Å². The molecule has 0 amide bonds. The van der Waals surface area contributed by atoms with Gasteiger partial charge in [0.1, 0.15) is 5.75 Å². The Kier molecular flexibility index (Phi) is 2.12. The molecule has 80 valence electrons. The maximum atomic E-state index is 10.6. The van der Waals surface area contributed by atoms with E-state index in [1.54, 1.807) is 0 Å². The summed E-state index contributed by atoms with van der Waals surface area (Å²) in [5.74, 6) is 0.0205. The summed E-state index contributed by atoms with van der Waals surface area (Å²) in [5, 5.41) is 29.3. The highest BCUT2D eigenvalue weighted by atomic mass is 16.6. The van der Waals surface area contributed by atoms with Crippen LogP contribution in [0.3, 0.4) is 0 Å². The van der Waals surface area contributed by atoms with E-state index in [0.717, 1.165) is 12.8 Å². The third-order valence-corrected chi connectivity index (χ3v) is 2.92. The summed E-state index contributed by atoms with van der Waals surface area (Å²) in [7, 11) is 0. The molecular weight excluding hydrogens is 198 g/mol. The molecule has 1 aliphatic carbocycles. The summed E-state index contributed by atoms with van der Waals surface area (Å²) in [5.41, 5.74) is -0.0162. The van der Waals surface area contributed by atoms with Crippen LogP contribution in [0.15, 0.2) is 18.2 Å². The lowest BCUT2D eigenvalue weighted by Gasteiger charge is -2.13. The van der Waals surface area contributed by atoms with Crippen LogP contribution in [-0.2, 0) is 5.41 Å². The molecule has 0 radical (unpaired) electrons. The van der Waals surface area contributed by atoms with E-state index in [2.05, 4.69) is 0 Å². The molecule has 1 saturated carbocycles. The van der Waals surface area contributed by atoms with Gasteiger partial charge in [0.15, 0.2) is 0 Å². The van der Waals surface area contributed by atoms with Gasteiger partial charge in [-0.3, -0.25) is 10.1 Å². The first kappa shape index (κ1) is 9.92. The Labute approximate surface area is 86.1 Å². The van der Waals surface area contributed by atoms with Crippen molar-refractivity contribution in [2.24, 2.45) is 0 Å². The van der Waals surface area contributed by atoms with Crippen LogP contribution >= 0.6 is 0 Å². The summed E-state index contributed by atoms with van der Waals surface area (Å²) in [6.07, 6.45) is 1.52. The third kappa shape index (κ3) is 1.55. The number of rotatable bonds is 3. The van der Waals surface area contributed by atoms with Crippen molar-refractivity contribution in [3.8, 4) is 5.75 Å². The zero-order valence-electron chi connectivity index (χ0n) is 8.01. The van der Waals surface area contributed by atoms with Gasteiger partial charge in [0.25, 0.3) is 5.69 Å². The average Bonchev–Trinajstić information content (AvgIpc) is 2.99. The number of nitro benzene ring substituents is 1. The predicted octanol–water partition coefficient (Wildman–Crippen LogP) is 1.32. The van der Waals surface area contributed by atoms with E-state index < -0.39 is 10.3 Å². The van der Waals surface area contributed by atoms with E-state index in [-0.39, 0.29) is 18.0 Å². The summed E-state index contributed by atoms with van der Waals surface area (Å²) >= 11 is 0. The molecule has 1 fully saturated rings. The first-order chi connectivity index (χ1) is 7.09. The second-order valence-corrected chi connectivity index (χ2v) is 3.90. The molecule has 5 heteroatoms. The molecule has 0 unspecified atom stereocenters. The van der Waals surface area contributed by atoms with Crippen LogP contribution in [-0.4, -0.2) is 21.7 Å². The number of phenolic OH excluding ortho intramolecular Hbond substituents is 1. The summed E-state index contributed by atoms with van der Waals surface area (Å²) in [4.78, 5) is 10.1. The van der Waals surface area contributed by atoms with Gasteiger partial charge in [0.05, 0.1) is 11.5 Å². The van der Waals surface area contributed by atoms with E-state index in [1.807, 2.05) is 0 Å². The number of nitrogens with zero attached hydrogens (tertiary/aromatic N) is 1. The second kappa shape index (κ2) is 3.20. The number of non-ortho nitro benzene ring substituents is 1. The van der Waals surface area contributed by atoms with E-state index in [4.69, 9.17) is 0 Å². The largest absolute Gasteiger partial charge is 0.508 e. The molecule has 15 heavy (non-hydrogen) atoms. The Morgan fingerprint density at radius 2 is 2.13 bits per heavy atom. The zero-order chi connectivity index (χ0) is 11.1. The SMILES string of the molecule is O=[N+]([O-])c1ccc(O)c(C2(CO)CC2)c1. The Morgan fingerprint density at radius 3 is 2.60 bits per heavy atom. The number of benzene rings is 1. The normalized spacial score (nSPS) is 17.4. The molecule has 1 aliphatic rings. The minimum atomic E-state index is -0.504. The van der Waals surface area contributed by atoms with E-state index >= 15 is 0 Å². The molecule has 2 rings (SSSR count). The van der Waals surface area contributed by atoms with Gasteiger partial charge < -0.3 is 10.2 Å². The number of aliphatic hydroxyl groups excluding tert-OH is 1. The number of hydrogen-bond acceptors (Lipinski definition) is 4.